The number of carbonyl (C=O) groups excluding carboxylic acids is 3. The van der Waals surface area contributed by atoms with Gasteiger partial charge in [0, 0.05) is 49.3 Å². The molecule has 0 unspecified atom stereocenters. The second-order valence-electron chi connectivity index (χ2n) is 9.84. The first-order valence-electron chi connectivity index (χ1n) is 12.7. The molecule has 1 heterocycles. The summed E-state index contributed by atoms with van der Waals surface area (Å²) >= 11 is 0. The van der Waals surface area contributed by atoms with Crippen molar-refractivity contribution < 1.29 is 19.3 Å². The molecule has 1 saturated heterocycles. The van der Waals surface area contributed by atoms with Crippen LogP contribution in [0.4, 0.5) is 5.69 Å². The maximum atomic E-state index is 13.3. The minimum Gasteiger partial charge on any atom is -0.340 e. The lowest BCUT2D eigenvalue weighted by atomic mass is 10.0. The Bertz CT molecular complexity index is 917. The number of nitrogens with zero attached hydrogens (tertiary/aromatic N) is 3. The molecule has 0 bridgehead atoms. The van der Waals surface area contributed by atoms with E-state index in [1.807, 2.05) is 25.7 Å². The van der Waals surface area contributed by atoms with Gasteiger partial charge in [0.05, 0.1) is 4.92 Å². The molecule has 194 valence electrons. The van der Waals surface area contributed by atoms with Crippen LogP contribution in [-0.2, 0) is 9.59 Å². The van der Waals surface area contributed by atoms with Crippen LogP contribution in [0.5, 0.6) is 0 Å². The average Bonchev–Trinajstić information content (AvgIpc) is 2.81. The number of hydrogen-bond acceptors (Lipinski definition) is 5. The summed E-state index contributed by atoms with van der Waals surface area (Å²) < 4.78 is 0. The number of nitro benzene ring substituents is 1. The Balaban J connectivity index is 1.99. The molecular formula is C26H40N4O5. The van der Waals surface area contributed by atoms with E-state index in [2.05, 4.69) is 12.2 Å². The lowest BCUT2D eigenvalue weighted by molar-refractivity contribution is -0.385. The molecular weight excluding hydrogens is 448 g/mol. The van der Waals surface area contributed by atoms with Gasteiger partial charge in [-0.2, -0.15) is 0 Å². The molecule has 0 saturated carbocycles. The second kappa shape index (κ2) is 13.2. The van der Waals surface area contributed by atoms with Crippen molar-refractivity contribution in [2.75, 3.05) is 19.6 Å². The third-order valence-electron chi connectivity index (χ3n) is 6.64. The Morgan fingerprint density at radius 1 is 1.14 bits per heavy atom. The van der Waals surface area contributed by atoms with Crippen LogP contribution >= 0.6 is 0 Å². The third-order valence-corrected chi connectivity index (χ3v) is 6.64. The standard InChI is InChI=1S/C26H40N4O5/c1-6-7-8-9-10-11-23(31)29-15-14-28(17-20(29)5)26(33)24(18(2)3)27-25(32)21-13-12-19(4)22(16-21)30(34)35/h12-13,16,18,20,24H,6-11,14-15,17H2,1-5H3,(H,27,32)/t20-,24-/m1/s1. The van der Waals surface area contributed by atoms with Crippen molar-refractivity contribution in [1.29, 1.82) is 0 Å². The summed E-state index contributed by atoms with van der Waals surface area (Å²) in [6, 6.07) is 3.42. The first kappa shape index (κ1) is 28.3. The molecule has 0 aliphatic carbocycles. The van der Waals surface area contributed by atoms with Crippen LogP contribution in [0.2, 0.25) is 0 Å². The second-order valence-corrected chi connectivity index (χ2v) is 9.84. The van der Waals surface area contributed by atoms with E-state index in [4.69, 9.17) is 0 Å². The zero-order valence-corrected chi connectivity index (χ0v) is 21.7. The average molecular weight is 489 g/mol. The molecule has 2 rings (SSSR count). The van der Waals surface area contributed by atoms with Crippen molar-refractivity contribution >= 4 is 23.4 Å². The van der Waals surface area contributed by atoms with E-state index in [0.717, 1.165) is 19.3 Å². The molecule has 9 nitrogen and oxygen atoms in total. The number of piperazine rings is 1. The fourth-order valence-electron chi connectivity index (χ4n) is 4.43. The topological polar surface area (TPSA) is 113 Å². The summed E-state index contributed by atoms with van der Waals surface area (Å²) in [5, 5.41) is 14.0. The van der Waals surface area contributed by atoms with E-state index < -0.39 is 16.9 Å². The van der Waals surface area contributed by atoms with Crippen LogP contribution in [0, 0.1) is 23.0 Å². The third kappa shape index (κ3) is 7.77. The quantitative estimate of drug-likeness (QED) is 0.286. The van der Waals surface area contributed by atoms with Crippen molar-refractivity contribution in [3.63, 3.8) is 0 Å². The summed E-state index contributed by atoms with van der Waals surface area (Å²) in [6.07, 6.45) is 6.01. The van der Waals surface area contributed by atoms with Crippen LogP contribution in [0.15, 0.2) is 18.2 Å². The lowest BCUT2D eigenvalue weighted by Gasteiger charge is -2.41. The van der Waals surface area contributed by atoms with Gasteiger partial charge in [-0.25, -0.2) is 0 Å². The normalized spacial score (nSPS) is 16.8. The van der Waals surface area contributed by atoms with Crippen molar-refractivity contribution in [3.05, 3.63) is 39.4 Å². The number of unbranched alkanes of at least 4 members (excludes halogenated alkanes) is 4. The zero-order valence-electron chi connectivity index (χ0n) is 21.7. The Hall–Kier alpha value is -2.97. The summed E-state index contributed by atoms with van der Waals surface area (Å²) in [7, 11) is 0. The summed E-state index contributed by atoms with van der Waals surface area (Å²) in [5.74, 6) is -0.765. The van der Waals surface area contributed by atoms with Crippen molar-refractivity contribution in [2.45, 2.75) is 85.2 Å². The van der Waals surface area contributed by atoms with Gasteiger partial charge in [0.1, 0.15) is 6.04 Å². The Labute approximate surface area is 208 Å². The van der Waals surface area contributed by atoms with E-state index in [1.165, 1.54) is 31.0 Å². The van der Waals surface area contributed by atoms with Crippen LogP contribution in [-0.4, -0.2) is 64.2 Å². The molecule has 1 aliphatic rings. The van der Waals surface area contributed by atoms with Gasteiger partial charge in [0.2, 0.25) is 11.8 Å². The summed E-state index contributed by atoms with van der Waals surface area (Å²) in [6.45, 7) is 10.7. The van der Waals surface area contributed by atoms with Gasteiger partial charge in [-0.3, -0.25) is 24.5 Å². The smallest absolute Gasteiger partial charge is 0.273 e. The van der Waals surface area contributed by atoms with E-state index in [-0.39, 0.29) is 35.0 Å². The van der Waals surface area contributed by atoms with Crippen LogP contribution in [0.1, 0.15) is 82.1 Å². The zero-order chi connectivity index (χ0) is 26.1. The highest BCUT2D eigenvalue weighted by atomic mass is 16.6. The highest BCUT2D eigenvalue weighted by Gasteiger charge is 2.34. The van der Waals surface area contributed by atoms with E-state index in [9.17, 15) is 24.5 Å². The summed E-state index contributed by atoms with van der Waals surface area (Å²) in [5.41, 5.74) is 0.471. The monoisotopic (exact) mass is 488 g/mol. The molecule has 0 spiro atoms. The highest BCUT2D eigenvalue weighted by Crippen LogP contribution is 2.20. The molecule has 1 aromatic carbocycles. The van der Waals surface area contributed by atoms with E-state index in [0.29, 0.717) is 31.6 Å². The van der Waals surface area contributed by atoms with Crippen molar-refractivity contribution in [1.82, 2.24) is 15.1 Å². The Kier molecular flexibility index (Phi) is 10.7. The minimum absolute atomic E-state index is 0.0981. The number of nitrogens with one attached hydrogen (secondary N) is 1. The van der Waals surface area contributed by atoms with Crippen LogP contribution < -0.4 is 5.32 Å². The number of rotatable bonds is 11. The molecule has 9 heteroatoms. The fraction of sp³-hybridized carbons (Fsp3) is 0.654. The molecule has 1 N–H and O–H groups in total. The van der Waals surface area contributed by atoms with Gasteiger partial charge >= 0.3 is 0 Å². The molecule has 2 atom stereocenters. The number of amides is 3. The Morgan fingerprint density at radius 2 is 1.83 bits per heavy atom. The lowest BCUT2D eigenvalue weighted by Crippen LogP contribution is -2.59. The fourth-order valence-corrected chi connectivity index (χ4v) is 4.43. The number of aryl methyl sites for hydroxylation is 1. The molecule has 1 aliphatic heterocycles. The van der Waals surface area contributed by atoms with Gasteiger partial charge in [0.25, 0.3) is 11.6 Å². The van der Waals surface area contributed by atoms with Crippen LogP contribution in [0.25, 0.3) is 0 Å². The van der Waals surface area contributed by atoms with E-state index in [1.54, 1.807) is 11.8 Å². The van der Waals surface area contributed by atoms with Crippen molar-refractivity contribution in [3.8, 4) is 0 Å². The number of nitro groups is 1. The highest BCUT2D eigenvalue weighted by molar-refractivity contribution is 5.98. The maximum absolute atomic E-state index is 13.3. The SMILES string of the molecule is CCCCCCCC(=O)N1CCN(C(=O)[C@H](NC(=O)c2ccc(C)c([N+](=O)[O-])c2)C(C)C)C[C@H]1C. The largest absolute Gasteiger partial charge is 0.340 e. The number of benzene rings is 1. The molecule has 1 fully saturated rings. The molecule has 0 aromatic heterocycles. The molecule has 1 aromatic rings. The van der Waals surface area contributed by atoms with Gasteiger partial charge in [0.15, 0.2) is 0 Å². The minimum atomic E-state index is -0.768. The van der Waals surface area contributed by atoms with Crippen LogP contribution in [0.3, 0.4) is 0 Å². The number of hydrogen-bond donors (Lipinski definition) is 1. The van der Waals surface area contributed by atoms with Gasteiger partial charge in [-0.05, 0) is 32.3 Å². The first-order valence-corrected chi connectivity index (χ1v) is 12.7. The molecule has 35 heavy (non-hydrogen) atoms. The molecule has 0 radical (unpaired) electrons. The predicted molar refractivity (Wildman–Crippen MR) is 135 cm³/mol. The summed E-state index contributed by atoms with van der Waals surface area (Å²) in [4.78, 5) is 53.1. The van der Waals surface area contributed by atoms with Gasteiger partial charge < -0.3 is 15.1 Å². The molecule has 3 amide bonds. The van der Waals surface area contributed by atoms with Gasteiger partial charge in [-0.15, -0.1) is 0 Å². The van der Waals surface area contributed by atoms with E-state index >= 15 is 0 Å². The number of carbonyl (C=O) groups is 3. The Morgan fingerprint density at radius 3 is 2.43 bits per heavy atom. The first-order chi connectivity index (χ1) is 16.6. The maximum Gasteiger partial charge on any atom is 0.273 e. The predicted octanol–water partition coefficient (Wildman–Crippen LogP) is 4.08. The van der Waals surface area contributed by atoms with Gasteiger partial charge in [-0.1, -0.05) is 52.5 Å². The van der Waals surface area contributed by atoms with Crippen molar-refractivity contribution in [2.24, 2.45) is 5.92 Å².